The standard InChI is InChI=1S/C15H16O4S/c1-13(18-12-14-8-4-2-5-9-14)19-20(16,17)15-10-6-3-7-11-15/h2-11,13H,12H2,1H3. The topological polar surface area (TPSA) is 52.6 Å². The largest absolute Gasteiger partial charge is 0.347 e. The van der Waals surface area contributed by atoms with Gasteiger partial charge in [-0.3, -0.25) is 0 Å². The van der Waals surface area contributed by atoms with E-state index >= 15 is 0 Å². The molecule has 106 valence electrons. The fourth-order valence-corrected chi connectivity index (χ4v) is 2.65. The highest BCUT2D eigenvalue weighted by molar-refractivity contribution is 7.86. The van der Waals surface area contributed by atoms with Crippen LogP contribution in [0.5, 0.6) is 0 Å². The van der Waals surface area contributed by atoms with Gasteiger partial charge in [0.25, 0.3) is 10.1 Å². The summed E-state index contributed by atoms with van der Waals surface area (Å²) in [7, 11) is -3.79. The van der Waals surface area contributed by atoms with E-state index in [1.54, 1.807) is 25.1 Å². The number of hydrogen-bond acceptors (Lipinski definition) is 4. The minimum absolute atomic E-state index is 0.121. The summed E-state index contributed by atoms with van der Waals surface area (Å²) in [6, 6.07) is 17.5. The lowest BCUT2D eigenvalue weighted by atomic mass is 10.2. The van der Waals surface area contributed by atoms with Gasteiger partial charge in [0, 0.05) is 0 Å². The molecule has 2 rings (SSSR count). The molecule has 0 aliphatic heterocycles. The fourth-order valence-electron chi connectivity index (χ4n) is 1.64. The van der Waals surface area contributed by atoms with Crippen LogP contribution in [0, 0.1) is 0 Å². The molecule has 0 saturated heterocycles. The van der Waals surface area contributed by atoms with Gasteiger partial charge in [0.1, 0.15) is 0 Å². The lowest BCUT2D eigenvalue weighted by molar-refractivity contribution is -0.0720. The molecule has 2 aromatic carbocycles. The van der Waals surface area contributed by atoms with Crippen molar-refractivity contribution in [2.24, 2.45) is 0 Å². The lowest BCUT2D eigenvalue weighted by Crippen LogP contribution is -2.18. The van der Waals surface area contributed by atoms with E-state index in [-0.39, 0.29) is 4.90 Å². The van der Waals surface area contributed by atoms with Crippen molar-refractivity contribution in [3.8, 4) is 0 Å². The molecule has 5 heteroatoms. The highest BCUT2D eigenvalue weighted by Crippen LogP contribution is 2.14. The normalized spacial score (nSPS) is 13.1. The van der Waals surface area contributed by atoms with Crippen molar-refractivity contribution in [2.45, 2.75) is 24.7 Å². The van der Waals surface area contributed by atoms with Crippen molar-refractivity contribution in [1.82, 2.24) is 0 Å². The Morgan fingerprint density at radius 2 is 1.50 bits per heavy atom. The summed E-state index contributed by atoms with van der Waals surface area (Å²) in [6.07, 6.45) is -0.847. The molecule has 0 aliphatic rings. The molecule has 0 N–H and O–H groups in total. The molecule has 4 nitrogen and oxygen atoms in total. The average molecular weight is 292 g/mol. The Morgan fingerprint density at radius 1 is 0.950 bits per heavy atom. The molecule has 1 unspecified atom stereocenters. The molecule has 0 aliphatic carbocycles. The summed E-state index contributed by atoms with van der Waals surface area (Å²) in [5.41, 5.74) is 0.958. The van der Waals surface area contributed by atoms with E-state index in [2.05, 4.69) is 0 Å². The van der Waals surface area contributed by atoms with Gasteiger partial charge >= 0.3 is 0 Å². The maximum absolute atomic E-state index is 12.0. The van der Waals surface area contributed by atoms with Gasteiger partial charge in [-0.25, -0.2) is 4.18 Å². The number of benzene rings is 2. The second-order valence-corrected chi connectivity index (χ2v) is 5.80. The first-order valence-corrected chi connectivity index (χ1v) is 7.62. The number of ether oxygens (including phenoxy) is 1. The van der Waals surface area contributed by atoms with E-state index in [4.69, 9.17) is 8.92 Å². The van der Waals surface area contributed by atoms with E-state index in [1.165, 1.54) is 12.1 Å². The Bertz CT molecular complexity index is 623. The third kappa shape index (κ3) is 4.16. The number of rotatable bonds is 6. The van der Waals surface area contributed by atoms with Crippen LogP contribution in [0.3, 0.4) is 0 Å². The molecule has 0 spiro atoms. The molecule has 0 amide bonds. The Balaban J connectivity index is 1.93. The number of hydrogen-bond donors (Lipinski definition) is 0. The molecular formula is C15H16O4S. The van der Waals surface area contributed by atoms with Crippen molar-refractivity contribution in [2.75, 3.05) is 0 Å². The zero-order valence-electron chi connectivity index (χ0n) is 11.1. The molecule has 0 bridgehead atoms. The van der Waals surface area contributed by atoms with Crippen LogP contribution in [-0.2, 0) is 25.6 Å². The van der Waals surface area contributed by atoms with Gasteiger partial charge in [0.05, 0.1) is 11.5 Å². The molecule has 0 heterocycles. The van der Waals surface area contributed by atoms with Crippen molar-refractivity contribution in [1.29, 1.82) is 0 Å². The SMILES string of the molecule is CC(OCc1ccccc1)OS(=O)(=O)c1ccccc1. The summed E-state index contributed by atoms with van der Waals surface area (Å²) in [6.45, 7) is 1.86. The highest BCUT2D eigenvalue weighted by atomic mass is 32.2. The Kier molecular flexibility index (Phi) is 4.89. The second-order valence-electron chi connectivity index (χ2n) is 4.23. The van der Waals surface area contributed by atoms with Crippen molar-refractivity contribution in [3.05, 3.63) is 66.2 Å². The monoisotopic (exact) mass is 292 g/mol. The van der Waals surface area contributed by atoms with Crippen molar-refractivity contribution in [3.63, 3.8) is 0 Å². The summed E-state index contributed by atoms with van der Waals surface area (Å²) < 4.78 is 34.3. The molecule has 0 saturated carbocycles. The molecule has 2 aromatic rings. The van der Waals surface area contributed by atoms with Crippen LogP contribution in [0.15, 0.2) is 65.6 Å². The molecule has 0 fully saturated rings. The fraction of sp³-hybridized carbons (Fsp3) is 0.200. The van der Waals surface area contributed by atoms with Gasteiger partial charge in [-0.05, 0) is 24.6 Å². The van der Waals surface area contributed by atoms with Crippen LogP contribution in [0.2, 0.25) is 0 Å². The van der Waals surface area contributed by atoms with E-state index in [0.29, 0.717) is 6.61 Å². The van der Waals surface area contributed by atoms with E-state index in [0.717, 1.165) is 5.56 Å². The van der Waals surface area contributed by atoms with Crippen LogP contribution in [0.25, 0.3) is 0 Å². The Labute approximate surface area is 119 Å². The van der Waals surface area contributed by atoms with E-state index in [9.17, 15) is 8.42 Å². The van der Waals surface area contributed by atoms with Crippen LogP contribution in [-0.4, -0.2) is 14.7 Å². The first kappa shape index (κ1) is 14.7. The van der Waals surface area contributed by atoms with E-state index in [1.807, 2.05) is 30.3 Å². The van der Waals surface area contributed by atoms with Gasteiger partial charge in [-0.2, -0.15) is 8.42 Å². The Morgan fingerprint density at radius 3 is 2.10 bits per heavy atom. The minimum atomic E-state index is -3.79. The zero-order valence-corrected chi connectivity index (χ0v) is 11.9. The van der Waals surface area contributed by atoms with Gasteiger partial charge in [-0.1, -0.05) is 48.5 Å². The van der Waals surface area contributed by atoms with Gasteiger partial charge in [0.15, 0.2) is 6.29 Å². The predicted octanol–water partition coefficient (Wildman–Crippen LogP) is 2.95. The smallest absolute Gasteiger partial charge is 0.299 e. The van der Waals surface area contributed by atoms with Crippen LogP contribution >= 0.6 is 0 Å². The molecular weight excluding hydrogens is 276 g/mol. The quantitative estimate of drug-likeness (QED) is 0.607. The predicted molar refractivity (Wildman–Crippen MR) is 75.4 cm³/mol. The van der Waals surface area contributed by atoms with Crippen LogP contribution in [0.4, 0.5) is 0 Å². The van der Waals surface area contributed by atoms with Gasteiger partial charge in [0.2, 0.25) is 0 Å². The van der Waals surface area contributed by atoms with Gasteiger partial charge in [-0.15, -0.1) is 0 Å². The summed E-state index contributed by atoms with van der Waals surface area (Å²) in [5, 5.41) is 0. The third-order valence-electron chi connectivity index (χ3n) is 2.62. The lowest BCUT2D eigenvalue weighted by Gasteiger charge is -2.14. The van der Waals surface area contributed by atoms with Crippen molar-refractivity contribution < 1.29 is 17.3 Å². The van der Waals surface area contributed by atoms with Crippen molar-refractivity contribution >= 4 is 10.1 Å². The Hall–Kier alpha value is -1.69. The third-order valence-corrected chi connectivity index (χ3v) is 4.00. The van der Waals surface area contributed by atoms with Gasteiger partial charge < -0.3 is 4.74 Å². The minimum Gasteiger partial charge on any atom is -0.347 e. The molecule has 20 heavy (non-hydrogen) atoms. The van der Waals surface area contributed by atoms with E-state index < -0.39 is 16.4 Å². The summed E-state index contributed by atoms with van der Waals surface area (Å²) in [4.78, 5) is 0.121. The first-order valence-electron chi connectivity index (χ1n) is 6.22. The molecule has 1 atom stereocenters. The first-order chi connectivity index (χ1) is 9.58. The highest BCUT2D eigenvalue weighted by Gasteiger charge is 2.18. The summed E-state index contributed by atoms with van der Waals surface area (Å²) in [5.74, 6) is 0. The summed E-state index contributed by atoms with van der Waals surface area (Å²) >= 11 is 0. The zero-order chi connectivity index (χ0) is 14.4. The maximum Gasteiger partial charge on any atom is 0.299 e. The van der Waals surface area contributed by atoms with Crippen LogP contribution < -0.4 is 0 Å². The molecule has 0 radical (unpaired) electrons. The second kappa shape index (κ2) is 6.65. The maximum atomic E-state index is 12.0. The molecule has 0 aromatic heterocycles. The van der Waals surface area contributed by atoms with Crippen LogP contribution in [0.1, 0.15) is 12.5 Å². The average Bonchev–Trinajstić information content (AvgIpc) is 2.47.